The van der Waals surface area contributed by atoms with Crippen LogP contribution in [0.15, 0.2) is 29.3 Å². The molecule has 2 N–H and O–H groups in total. The fraction of sp³-hybridized carbons (Fsp3) is 0.611. The monoisotopic (exact) mass is 464 g/mol. The number of nitrogens with one attached hydrogen (secondary N) is 2. The van der Waals surface area contributed by atoms with E-state index in [9.17, 15) is 0 Å². The van der Waals surface area contributed by atoms with Gasteiger partial charge in [0.05, 0.1) is 20.3 Å². The van der Waals surface area contributed by atoms with Crippen LogP contribution in [0, 0.1) is 0 Å². The number of likely N-dealkylation sites (N-methyl/N-ethyl adjacent to an activating group) is 1. The van der Waals surface area contributed by atoms with Gasteiger partial charge >= 0.3 is 0 Å². The second kappa shape index (κ2) is 15.2. The Hall–Kier alpha value is -1.06. The zero-order valence-corrected chi connectivity index (χ0v) is 18.2. The highest BCUT2D eigenvalue weighted by molar-refractivity contribution is 14.0. The summed E-state index contributed by atoms with van der Waals surface area (Å²) < 4.78 is 10.3. The summed E-state index contributed by atoms with van der Waals surface area (Å²) in [6, 6.07) is 7.99. The van der Waals surface area contributed by atoms with Gasteiger partial charge in [0.15, 0.2) is 5.96 Å². The summed E-state index contributed by atoms with van der Waals surface area (Å²) in [4.78, 5) is 6.90. The Morgan fingerprint density at radius 2 is 2.00 bits per heavy atom. The predicted molar refractivity (Wildman–Crippen MR) is 115 cm³/mol. The molecule has 0 unspecified atom stereocenters. The molecule has 0 spiro atoms. The minimum Gasteiger partial charge on any atom is -0.497 e. The van der Waals surface area contributed by atoms with Gasteiger partial charge in [-0.05, 0) is 44.6 Å². The SMILES string of the molecule is CCNC(=NCc1cccc(OC)c1)NCCCN(C)CCOC.I. The fourth-order valence-corrected chi connectivity index (χ4v) is 2.20. The Bertz CT molecular complexity index is 486. The highest BCUT2D eigenvalue weighted by Gasteiger charge is 2.01. The zero-order valence-electron chi connectivity index (χ0n) is 15.9. The molecule has 0 aromatic heterocycles. The van der Waals surface area contributed by atoms with Crippen molar-refractivity contribution in [2.75, 3.05) is 54.1 Å². The molecule has 0 radical (unpaired) electrons. The molecule has 0 aliphatic carbocycles. The standard InChI is InChI=1S/C18H32N4O2.HI/c1-5-19-18(20-10-7-11-22(2)12-13-23-3)21-15-16-8-6-9-17(14-16)24-4;/h6,8-9,14H,5,7,10-13,15H2,1-4H3,(H2,19,20,21);1H. The van der Waals surface area contributed by atoms with Crippen molar-refractivity contribution in [3.8, 4) is 5.75 Å². The van der Waals surface area contributed by atoms with Crippen LogP contribution in [0.2, 0.25) is 0 Å². The van der Waals surface area contributed by atoms with Gasteiger partial charge in [-0.1, -0.05) is 12.1 Å². The second-order valence-electron chi connectivity index (χ2n) is 5.62. The Morgan fingerprint density at radius 1 is 1.20 bits per heavy atom. The average molecular weight is 464 g/mol. The third-order valence-electron chi connectivity index (χ3n) is 3.58. The van der Waals surface area contributed by atoms with Gasteiger partial charge in [-0.25, -0.2) is 4.99 Å². The van der Waals surface area contributed by atoms with Gasteiger partial charge < -0.3 is 25.0 Å². The van der Waals surface area contributed by atoms with Crippen molar-refractivity contribution in [1.29, 1.82) is 0 Å². The number of ether oxygens (including phenoxy) is 2. The number of aliphatic imine (C=N–C) groups is 1. The lowest BCUT2D eigenvalue weighted by Gasteiger charge is -2.17. The summed E-state index contributed by atoms with van der Waals surface area (Å²) in [5.41, 5.74) is 1.13. The van der Waals surface area contributed by atoms with Crippen LogP contribution in [0.5, 0.6) is 5.75 Å². The summed E-state index contributed by atoms with van der Waals surface area (Å²) in [6.07, 6.45) is 1.06. The zero-order chi connectivity index (χ0) is 17.6. The third-order valence-corrected chi connectivity index (χ3v) is 3.58. The van der Waals surface area contributed by atoms with Crippen LogP contribution in [0.1, 0.15) is 18.9 Å². The molecule has 6 nitrogen and oxygen atoms in total. The van der Waals surface area contributed by atoms with Gasteiger partial charge in [-0.2, -0.15) is 0 Å². The van der Waals surface area contributed by atoms with Crippen molar-refractivity contribution >= 4 is 29.9 Å². The smallest absolute Gasteiger partial charge is 0.191 e. The highest BCUT2D eigenvalue weighted by Crippen LogP contribution is 2.13. The topological polar surface area (TPSA) is 58.1 Å². The van der Waals surface area contributed by atoms with Gasteiger partial charge in [0, 0.05) is 26.7 Å². The summed E-state index contributed by atoms with van der Waals surface area (Å²) in [5, 5.41) is 6.66. The van der Waals surface area contributed by atoms with Crippen LogP contribution in [-0.2, 0) is 11.3 Å². The number of hydrogen-bond donors (Lipinski definition) is 2. The van der Waals surface area contributed by atoms with Crippen LogP contribution >= 0.6 is 24.0 Å². The van der Waals surface area contributed by atoms with E-state index in [-0.39, 0.29) is 24.0 Å². The van der Waals surface area contributed by atoms with Crippen molar-refractivity contribution in [2.24, 2.45) is 4.99 Å². The number of nitrogens with zero attached hydrogens (tertiary/aromatic N) is 2. The maximum absolute atomic E-state index is 5.25. The number of methoxy groups -OCH3 is 2. The van der Waals surface area contributed by atoms with Crippen molar-refractivity contribution < 1.29 is 9.47 Å². The minimum atomic E-state index is 0. The normalized spacial score (nSPS) is 11.2. The van der Waals surface area contributed by atoms with E-state index in [1.54, 1.807) is 14.2 Å². The molecule has 7 heteroatoms. The first-order valence-electron chi connectivity index (χ1n) is 8.52. The van der Waals surface area contributed by atoms with Crippen molar-refractivity contribution in [1.82, 2.24) is 15.5 Å². The van der Waals surface area contributed by atoms with E-state index < -0.39 is 0 Å². The molecule has 1 aromatic rings. The molecular weight excluding hydrogens is 431 g/mol. The molecule has 0 amide bonds. The molecule has 0 saturated heterocycles. The van der Waals surface area contributed by atoms with Crippen molar-refractivity contribution in [2.45, 2.75) is 19.9 Å². The van der Waals surface area contributed by atoms with Crippen LogP contribution < -0.4 is 15.4 Å². The van der Waals surface area contributed by atoms with Gasteiger partial charge in [-0.15, -0.1) is 24.0 Å². The van der Waals surface area contributed by atoms with E-state index in [1.165, 1.54) is 0 Å². The van der Waals surface area contributed by atoms with Gasteiger partial charge in [0.25, 0.3) is 0 Å². The van der Waals surface area contributed by atoms with E-state index in [4.69, 9.17) is 9.47 Å². The average Bonchev–Trinajstić information content (AvgIpc) is 2.61. The number of benzene rings is 1. The van der Waals surface area contributed by atoms with E-state index in [2.05, 4.69) is 40.6 Å². The molecule has 25 heavy (non-hydrogen) atoms. The first kappa shape index (κ1) is 23.9. The second-order valence-corrected chi connectivity index (χ2v) is 5.62. The van der Waals surface area contributed by atoms with Crippen LogP contribution in [-0.4, -0.2) is 64.9 Å². The number of guanidine groups is 1. The maximum atomic E-state index is 5.25. The molecule has 1 aromatic carbocycles. The molecular formula is C18H33IN4O2. The summed E-state index contributed by atoms with van der Waals surface area (Å²) in [6.45, 7) is 7.20. The molecule has 0 aliphatic rings. The maximum Gasteiger partial charge on any atom is 0.191 e. The van der Waals surface area contributed by atoms with E-state index >= 15 is 0 Å². The lowest BCUT2D eigenvalue weighted by molar-refractivity contribution is 0.161. The number of rotatable bonds is 11. The van der Waals surface area contributed by atoms with E-state index in [1.807, 2.05) is 18.2 Å². The summed E-state index contributed by atoms with van der Waals surface area (Å²) in [7, 11) is 5.52. The van der Waals surface area contributed by atoms with Crippen LogP contribution in [0.3, 0.4) is 0 Å². The fourth-order valence-electron chi connectivity index (χ4n) is 2.20. The Kier molecular flexibility index (Phi) is 14.6. The Labute approximate surface area is 169 Å². The molecule has 0 atom stereocenters. The lowest BCUT2D eigenvalue weighted by atomic mass is 10.2. The lowest BCUT2D eigenvalue weighted by Crippen LogP contribution is -2.38. The van der Waals surface area contributed by atoms with E-state index in [0.717, 1.165) is 56.5 Å². The molecule has 0 bridgehead atoms. The first-order valence-corrected chi connectivity index (χ1v) is 8.52. The van der Waals surface area contributed by atoms with Gasteiger partial charge in [-0.3, -0.25) is 0 Å². The minimum absolute atomic E-state index is 0. The summed E-state index contributed by atoms with van der Waals surface area (Å²) >= 11 is 0. The Balaban J connectivity index is 0.00000576. The largest absolute Gasteiger partial charge is 0.497 e. The molecule has 144 valence electrons. The molecule has 0 saturated carbocycles. The number of hydrogen-bond acceptors (Lipinski definition) is 4. The van der Waals surface area contributed by atoms with Crippen molar-refractivity contribution in [3.05, 3.63) is 29.8 Å². The first-order chi connectivity index (χ1) is 11.7. The molecule has 0 heterocycles. The quantitative estimate of drug-likeness (QED) is 0.228. The number of halogens is 1. The van der Waals surface area contributed by atoms with E-state index in [0.29, 0.717) is 6.54 Å². The van der Waals surface area contributed by atoms with Crippen LogP contribution in [0.4, 0.5) is 0 Å². The summed E-state index contributed by atoms with van der Waals surface area (Å²) in [5.74, 6) is 1.71. The molecule has 1 rings (SSSR count). The van der Waals surface area contributed by atoms with Gasteiger partial charge in [0.1, 0.15) is 5.75 Å². The molecule has 0 aliphatic heterocycles. The Morgan fingerprint density at radius 3 is 2.68 bits per heavy atom. The van der Waals surface area contributed by atoms with Gasteiger partial charge in [0.2, 0.25) is 0 Å². The predicted octanol–water partition coefficient (Wildman–Crippen LogP) is 2.34. The van der Waals surface area contributed by atoms with Crippen LogP contribution in [0.25, 0.3) is 0 Å². The third kappa shape index (κ3) is 11.2. The molecule has 0 fully saturated rings. The highest BCUT2D eigenvalue weighted by atomic mass is 127. The van der Waals surface area contributed by atoms with Crippen molar-refractivity contribution in [3.63, 3.8) is 0 Å².